The number of carbonyl (C=O) groups excluding carboxylic acids is 3. The topological polar surface area (TPSA) is 95.7 Å². The molecule has 0 heterocycles. The molecule has 1 saturated carbocycles. The van der Waals surface area contributed by atoms with E-state index in [0.717, 1.165) is 6.42 Å². The van der Waals surface area contributed by atoms with Crippen LogP contribution < -0.4 is 5.73 Å². The van der Waals surface area contributed by atoms with Gasteiger partial charge in [-0.25, -0.2) is 0 Å². The van der Waals surface area contributed by atoms with E-state index in [0.29, 0.717) is 19.8 Å². The number of hydrogen-bond donors (Lipinski definition) is 1. The molecule has 0 spiro atoms. The second-order valence-corrected chi connectivity index (χ2v) is 3.59. The minimum absolute atomic E-state index is 0.0972. The number of rotatable bonds is 6. The zero-order chi connectivity index (χ0) is 14.0. The zero-order valence-corrected chi connectivity index (χ0v) is 10.9. The average molecular weight is 259 g/mol. The molecule has 0 unspecified atom stereocenters. The quantitative estimate of drug-likeness (QED) is 0.541. The fourth-order valence-corrected chi connectivity index (χ4v) is 1.33. The first-order valence-corrected chi connectivity index (χ1v) is 6.10. The predicted octanol–water partition coefficient (Wildman–Crippen LogP) is 0.222. The van der Waals surface area contributed by atoms with Crippen LogP contribution in [0.25, 0.3) is 0 Å². The smallest absolute Gasteiger partial charge is 0.264 e. The molecule has 1 aliphatic rings. The fourth-order valence-electron chi connectivity index (χ4n) is 1.33. The summed E-state index contributed by atoms with van der Waals surface area (Å²) in [6, 6.07) is 0. The molecule has 0 saturated heterocycles. The number of Topliss-reactive ketones (excluding diaryl/α,β-unsaturated/α-hetero) is 3. The zero-order valence-electron chi connectivity index (χ0n) is 10.9. The summed E-state index contributed by atoms with van der Waals surface area (Å²) in [6.45, 7) is 5.88. The van der Waals surface area contributed by atoms with Crippen molar-refractivity contribution < 1.29 is 23.9 Å². The van der Waals surface area contributed by atoms with Crippen LogP contribution in [0.1, 0.15) is 33.1 Å². The Hall–Kier alpha value is -1.11. The van der Waals surface area contributed by atoms with Crippen LogP contribution in [-0.4, -0.2) is 43.4 Å². The van der Waals surface area contributed by atoms with Crippen molar-refractivity contribution in [1.82, 2.24) is 0 Å². The summed E-state index contributed by atoms with van der Waals surface area (Å²) < 4.78 is 10.4. The summed E-state index contributed by atoms with van der Waals surface area (Å²) in [6.07, 6.45) is 0.928. The van der Waals surface area contributed by atoms with Gasteiger partial charge >= 0.3 is 0 Å². The van der Waals surface area contributed by atoms with Gasteiger partial charge in [0.2, 0.25) is 11.6 Å². The van der Waals surface area contributed by atoms with Crippen molar-refractivity contribution in [3.63, 3.8) is 0 Å². The van der Waals surface area contributed by atoms with Crippen LogP contribution in [0, 0.1) is 0 Å². The van der Waals surface area contributed by atoms with Gasteiger partial charge in [0, 0.05) is 32.5 Å². The number of nitrogens with two attached hydrogens (primary N) is 1. The standard InChI is InChI=1S/C7H17NO2.C5H4O3/c1-3-9-7(5-6-8)10-4-2;6-3-1-2-4(7)5(3)8/h7H,3-6,8H2,1-2H3;1-2H2. The third-order valence-electron chi connectivity index (χ3n) is 2.19. The lowest BCUT2D eigenvalue weighted by molar-refractivity contribution is -0.140. The van der Waals surface area contributed by atoms with Crippen molar-refractivity contribution in [3.8, 4) is 0 Å². The maximum Gasteiger partial charge on any atom is 0.264 e. The van der Waals surface area contributed by atoms with Crippen LogP contribution in [0.4, 0.5) is 0 Å². The molecular weight excluding hydrogens is 238 g/mol. The summed E-state index contributed by atoms with van der Waals surface area (Å²) in [5, 5.41) is 0. The second-order valence-electron chi connectivity index (χ2n) is 3.59. The lowest BCUT2D eigenvalue weighted by Gasteiger charge is -2.15. The van der Waals surface area contributed by atoms with Crippen molar-refractivity contribution >= 4 is 17.3 Å². The van der Waals surface area contributed by atoms with Gasteiger partial charge in [0.25, 0.3) is 5.78 Å². The second kappa shape index (κ2) is 9.87. The largest absolute Gasteiger partial charge is 0.353 e. The van der Waals surface area contributed by atoms with E-state index in [1.807, 2.05) is 13.8 Å². The van der Waals surface area contributed by atoms with Gasteiger partial charge in [-0.05, 0) is 20.4 Å². The third-order valence-corrected chi connectivity index (χ3v) is 2.19. The van der Waals surface area contributed by atoms with E-state index in [2.05, 4.69) is 0 Å². The van der Waals surface area contributed by atoms with E-state index in [-0.39, 0.29) is 19.1 Å². The maximum atomic E-state index is 10.2. The molecule has 0 aliphatic heterocycles. The molecule has 0 bridgehead atoms. The average Bonchev–Trinajstić information content (AvgIpc) is 2.63. The van der Waals surface area contributed by atoms with Crippen LogP contribution in [0.5, 0.6) is 0 Å². The summed E-state index contributed by atoms with van der Waals surface area (Å²) >= 11 is 0. The molecule has 0 aromatic rings. The molecule has 0 atom stereocenters. The van der Waals surface area contributed by atoms with E-state index in [1.54, 1.807) is 0 Å². The van der Waals surface area contributed by atoms with Crippen LogP contribution in [0.3, 0.4) is 0 Å². The van der Waals surface area contributed by atoms with Crippen LogP contribution in [-0.2, 0) is 23.9 Å². The molecule has 6 nitrogen and oxygen atoms in total. The highest BCUT2D eigenvalue weighted by molar-refractivity contribution is 6.67. The van der Waals surface area contributed by atoms with Crippen molar-refractivity contribution in [2.45, 2.75) is 39.4 Å². The molecule has 0 aromatic heterocycles. The lowest BCUT2D eigenvalue weighted by Crippen LogP contribution is -2.21. The summed E-state index contributed by atoms with van der Waals surface area (Å²) in [5.41, 5.74) is 5.33. The molecule has 6 heteroatoms. The molecule has 1 rings (SSSR count). The van der Waals surface area contributed by atoms with Gasteiger partial charge in [-0.15, -0.1) is 0 Å². The molecule has 18 heavy (non-hydrogen) atoms. The Morgan fingerprint density at radius 3 is 1.72 bits per heavy atom. The molecule has 1 fully saturated rings. The minimum atomic E-state index is -0.815. The Kier molecular flexibility index (Phi) is 9.26. The molecule has 0 amide bonds. The van der Waals surface area contributed by atoms with Gasteiger partial charge in [-0.3, -0.25) is 14.4 Å². The number of ketones is 3. The van der Waals surface area contributed by atoms with E-state index in [1.165, 1.54) is 0 Å². The highest BCUT2D eigenvalue weighted by Gasteiger charge is 2.29. The fraction of sp³-hybridized carbons (Fsp3) is 0.750. The van der Waals surface area contributed by atoms with Gasteiger partial charge in [-0.1, -0.05) is 0 Å². The molecule has 0 aromatic carbocycles. The van der Waals surface area contributed by atoms with Crippen LogP contribution in [0.15, 0.2) is 0 Å². The first-order chi connectivity index (χ1) is 8.56. The molecule has 2 N–H and O–H groups in total. The van der Waals surface area contributed by atoms with Gasteiger partial charge in [0.05, 0.1) is 0 Å². The first-order valence-electron chi connectivity index (χ1n) is 6.10. The van der Waals surface area contributed by atoms with Gasteiger partial charge in [-0.2, -0.15) is 0 Å². The molecule has 1 aliphatic carbocycles. The molecular formula is C12H21NO5. The predicted molar refractivity (Wildman–Crippen MR) is 65.0 cm³/mol. The summed E-state index contributed by atoms with van der Waals surface area (Å²) in [4.78, 5) is 30.6. The SMILES string of the molecule is CCOC(CCN)OCC.O=C1CCC(=O)C1=O. The van der Waals surface area contributed by atoms with Crippen molar-refractivity contribution in [3.05, 3.63) is 0 Å². The monoisotopic (exact) mass is 259 g/mol. The van der Waals surface area contributed by atoms with Gasteiger partial charge in [0.15, 0.2) is 6.29 Å². The third kappa shape index (κ3) is 6.58. The van der Waals surface area contributed by atoms with Crippen LogP contribution in [0.2, 0.25) is 0 Å². The Morgan fingerprint density at radius 1 is 1.06 bits per heavy atom. The summed E-state index contributed by atoms with van der Waals surface area (Å²) in [7, 11) is 0. The van der Waals surface area contributed by atoms with Crippen molar-refractivity contribution in [2.75, 3.05) is 19.8 Å². The lowest BCUT2D eigenvalue weighted by atomic mass is 10.3. The van der Waals surface area contributed by atoms with E-state index in [9.17, 15) is 14.4 Å². The van der Waals surface area contributed by atoms with E-state index in [4.69, 9.17) is 15.2 Å². The van der Waals surface area contributed by atoms with Gasteiger partial charge in [0.1, 0.15) is 0 Å². The number of hydrogen-bond acceptors (Lipinski definition) is 6. The maximum absolute atomic E-state index is 10.2. The first kappa shape index (κ1) is 16.9. The van der Waals surface area contributed by atoms with Crippen molar-refractivity contribution in [2.24, 2.45) is 5.73 Å². The van der Waals surface area contributed by atoms with Crippen LogP contribution >= 0.6 is 0 Å². The molecule has 104 valence electrons. The Balaban J connectivity index is 0.000000327. The minimum Gasteiger partial charge on any atom is -0.353 e. The highest BCUT2D eigenvalue weighted by atomic mass is 16.7. The van der Waals surface area contributed by atoms with E-state index >= 15 is 0 Å². The highest BCUT2D eigenvalue weighted by Crippen LogP contribution is 2.04. The Morgan fingerprint density at radius 2 is 1.50 bits per heavy atom. The van der Waals surface area contributed by atoms with Crippen molar-refractivity contribution in [1.29, 1.82) is 0 Å². The van der Waals surface area contributed by atoms with Gasteiger partial charge < -0.3 is 15.2 Å². The normalized spacial score (nSPS) is 15.0. The number of carbonyl (C=O) groups is 3. The van der Waals surface area contributed by atoms with E-state index < -0.39 is 17.3 Å². The molecule has 0 radical (unpaired) electrons. The number of ether oxygens (including phenoxy) is 2. The summed E-state index contributed by atoms with van der Waals surface area (Å²) in [5.74, 6) is -1.88. The Bertz CT molecular complexity index is 258. The Labute approximate surface area is 107 Å².